The number of nitrogens with one attached hydrogen (secondary N) is 2. The summed E-state index contributed by atoms with van der Waals surface area (Å²) in [5.74, 6) is 1.53. The zero-order valence-corrected chi connectivity index (χ0v) is 7.42. The van der Waals surface area contributed by atoms with Crippen molar-refractivity contribution in [3.05, 3.63) is 23.7 Å². The van der Waals surface area contributed by atoms with Crippen LogP contribution in [0.1, 0.15) is 17.6 Å². The zero-order valence-electron chi connectivity index (χ0n) is 7.42. The summed E-state index contributed by atoms with van der Waals surface area (Å²) in [7, 11) is 0. The largest absolute Gasteiger partial charge is 0.462 e. The van der Waals surface area contributed by atoms with Crippen molar-refractivity contribution >= 4 is 0 Å². The normalized spacial score (nSPS) is 23.3. The van der Waals surface area contributed by atoms with Gasteiger partial charge in [-0.2, -0.15) is 0 Å². The molecule has 0 saturated carbocycles. The Hall–Kier alpha value is -0.840. The van der Waals surface area contributed by atoms with Gasteiger partial charge in [-0.1, -0.05) is 0 Å². The molecular formula is C9H14N2O2. The molecule has 1 aromatic rings. The molecule has 3 N–H and O–H groups in total. The second-order valence-corrected chi connectivity index (χ2v) is 3.17. The fourth-order valence-corrected chi connectivity index (χ4v) is 1.52. The Morgan fingerprint density at radius 1 is 1.46 bits per heavy atom. The molecule has 1 aliphatic rings. The summed E-state index contributed by atoms with van der Waals surface area (Å²) in [6.45, 7) is 2.82. The van der Waals surface area contributed by atoms with E-state index in [2.05, 4.69) is 10.6 Å². The quantitative estimate of drug-likeness (QED) is 0.603. The highest BCUT2D eigenvalue weighted by molar-refractivity contribution is 5.11. The minimum Gasteiger partial charge on any atom is -0.462 e. The first-order chi connectivity index (χ1) is 6.40. The van der Waals surface area contributed by atoms with Gasteiger partial charge in [-0.15, -0.1) is 0 Å². The molecule has 1 aromatic heterocycles. The van der Waals surface area contributed by atoms with E-state index in [1.165, 1.54) is 0 Å². The molecule has 2 heterocycles. The van der Waals surface area contributed by atoms with Crippen LogP contribution in [0.4, 0.5) is 0 Å². The molecule has 0 bridgehead atoms. The number of piperazine rings is 1. The molecule has 1 saturated heterocycles. The van der Waals surface area contributed by atoms with Crippen molar-refractivity contribution in [3.63, 3.8) is 0 Å². The lowest BCUT2D eigenvalue weighted by Crippen LogP contribution is -2.42. The van der Waals surface area contributed by atoms with Crippen molar-refractivity contribution < 1.29 is 9.52 Å². The van der Waals surface area contributed by atoms with Crippen molar-refractivity contribution in [2.24, 2.45) is 0 Å². The van der Waals surface area contributed by atoms with Crippen LogP contribution >= 0.6 is 0 Å². The van der Waals surface area contributed by atoms with Crippen LogP contribution < -0.4 is 10.6 Å². The van der Waals surface area contributed by atoms with E-state index >= 15 is 0 Å². The van der Waals surface area contributed by atoms with Crippen LogP contribution in [0.15, 0.2) is 16.5 Å². The fraction of sp³-hybridized carbons (Fsp3) is 0.556. The number of rotatable bonds is 2. The van der Waals surface area contributed by atoms with Gasteiger partial charge >= 0.3 is 0 Å². The maximum Gasteiger partial charge on any atom is 0.129 e. The predicted molar refractivity (Wildman–Crippen MR) is 48.2 cm³/mol. The molecule has 0 aromatic carbocycles. The molecule has 1 atom stereocenters. The molecule has 4 heteroatoms. The second-order valence-electron chi connectivity index (χ2n) is 3.17. The van der Waals surface area contributed by atoms with Crippen LogP contribution in [0.25, 0.3) is 0 Å². The third-order valence-electron chi connectivity index (χ3n) is 2.22. The van der Waals surface area contributed by atoms with Crippen molar-refractivity contribution in [2.45, 2.75) is 12.6 Å². The standard InChI is InChI=1S/C9H14N2O2/c12-6-7-1-2-9(13-7)8-5-10-3-4-11-8/h1-2,8,10-12H,3-6H2/t8-/m0/s1. The zero-order chi connectivity index (χ0) is 9.10. The van der Waals surface area contributed by atoms with Crippen LogP contribution in [0.5, 0.6) is 0 Å². The number of hydrogen-bond donors (Lipinski definition) is 3. The smallest absolute Gasteiger partial charge is 0.129 e. The molecule has 72 valence electrons. The molecule has 1 fully saturated rings. The molecule has 13 heavy (non-hydrogen) atoms. The van der Waals surface area contributed by atoms with Crippen molar-refractivity contribution in [1.29, 1.82) is 0 Å². The van der Waals surface area contributed by atoms with E-state index in [4.69, 9.17) is 9.52 Å². The summed E-state index contributed by atoms with van der Waals surface area (Å²) in [5, 5.41) is 15.4. The maximum absolute atomic E-state index is 8.82. The summed E-state index contributed by atoms with van der Waals surface area (Å²) in [5.41, 5.74) is 0. The maximum atomic E-state index is 8.82. The van der Waals surface area contributed by atoms with E-state index in [-0.39, 0.29) is 12.6 Å². The first kappa shape index (κ1) is 8.74. The molecule has 0 spiro atoms. The van der Waals surface area contributed by atoms with E-state index in [1.807, 2.05) is 12.1 Å². The average Bonchev–Trinajstić information content (AvgIpc) is 2.67. The average molecular weight is 182 g/mol. The van der Waals surface area contributed by atoms with Gasteiger partial charge in [0.2, 0.25) is 0 Å². The van der Waals surface area contributed by atoms with Gasteiger partial charge in [0.1, 0.15) is 18.1 Å². The van der Waals surface area contributed by atoms with Crippen LogP contribution in [0.3, 0.4) is 0 Å². The van der Waals surface area contributed by atoms with Gasteiger partial charge in [0.15, 0.2) is 0 Å². The van der Waals surface area contributed by atoms with Crippen molar-refractivity contribution in [1.82, 2.24) is 10.6 Å². The van der Waals surface area contributed by atoms with E-state index in [9.17, 15) is 0 Å². The third kappa shape index (κ3) is 1.91. The van der Waals surface area contributed by atoms with E-state index < -0.39 is 0 Å². The van der Waals surface area contributed by atoms with Crippen molar-refractivity contribution in [3.8, 4) is 0 Å². The lowest BCUT2D eigenvalue weighted by atomic mass is 10.2. The van der Waals surface area contributed by atoms with Gasteiger partial charge in [0.25, 0.3) is 0 Å². The molecule has 2 rings (SSSR count). The number of furan rings is 1. The predicted octanol–water partition coefficient (Wildman–Crippen LogP) is 0.00580. The summed E-state index contributed by atoms with van der Waals surface area (Å²) < 4.78 is 5.42. The Bertz CT molecular complexity index is 266. The number of aliphatic hydroxyl groups excluding tert-OH is 1. The minimum absolute atomic E-state index is 0.0276. The number of aliphatic hydroxyl groups is 1. The highest BCUT2D eigenvalue weighted by Gasteiger charge is 2.17. The monoisotopic (exact) mass is 182 g/mol. The van der Waals surface area contributed by atoms with Gasteiger partial charge in [-0.3, -0.25) is 0 Å². The van der Waals surface area contributed by atoms with Gasteiger partial charge < -0.3 is 20.2 Å². The Morgan fingerprint density at radius 2 is 2.38 bits per heavy atom. The van der Waals surface area contributed by atoms with Crippen molar-refractivity contribution in [2.75, 3.05) is 19.6 Å². The van der Waals surface area contributed by atoms with Crippen LogP contribution in [-0.2, 0) is 6.61 Å². The molecule has 0 aliphatic carbocycles. The Labute approximate surface area is 76.9 Å². The molecule has 0 unspecified atom stereocenters. The highest BCUT2D eigenvalue weighted by atomic mass is 16.4. The molecule has 0 radical (unpaired) electrons. The minimum atomic E-state index is -0.0276. The van der Waals surface area contributed by atoms with E-state index in [0.29, 0.717) is 5.76 Å². The van der Waals surface area contributed by atoms with Crippen LogP contribution in [0, 0.1) is 0 Å². The summed E-state index contributed by atoms with van der Waals surface area (Å²) >= 11 is 0. The first-order valence-corrected chi connectivity index (χ1v) is 4.53. The molecule has 4 nitrogen and oxygen atoms in total. The van der Waals surface area contributed by atoms with Crippen LogP contribution in [-0.4, -0.2) is 24.7 Å². The molecular weight excluding hydrogens is 168 g/mol. The van der Waals surface area contributed by atoms with Gasteiger partial charge in [-0.25, -0.2) is 0 Å². The molecule has 0 amide bonds. The SMILES string of the molecule is OCc1ccc([C@@H]2CNCCN2)o1. The summed E-state index contributed by atoms with van der Waals surface area (Å²) in [6, 6.07) is 3.97. The first-order valence-electron chi connectivity index (χ1n) is 4.53. The van der Waals surface area contributed by atoms with E-state index in [1.54, 1.807) is 0 Å². The van der Waals surface area contributed by atoms with E-state index in [0.717, 1.165) is 25.4 Å². The second kappa shape index (κ2) is 3.91. The van der Waals surface area contributed by atoms with Crippen LogP contribution in [0.2, 0.25) is 0 Å². The Balaban J connectivity index is 2.05. The summed E-state index contributed by atoms with van der Waals surface area (Å²) in [4.78, 5) is 0. The summed E-state index contributed by atoms with van der Waals surface area (Å²) in [6.07, 6.45) is 0. The fourth-order valence-electron chi connectivity index (χ4n) is 1.52. The lowest BCUT2D eigenvalue weighted by Gasteiger charge is -2.22. The molecule has 1 aliphatic heterocycles. The highest BCUT2D eigenvalue weighted by Crippen LogP contribution is 2.16. The van der Waals surface area contributed by atoms with Gasteiger partial charge in [0, 0.05) is 19.6 Å². The van der Waals surface area contributed by atoms with Gasteiger partial charge in [0.05, 0.1) is 6.04 Å². The van der Waals surface area contributed by atoms with Gasteiger partial charge in [-0.05, 0) is 12.1 Å². The third-order valence-corrected chi connectivity index (χ3v) is 2.22. The lowest BCUT2D eigenvalue weighted by molar-refractivity contribution is 0.237. The Morgan fingerprint density at radius 3 is 3.00 bits per heavy atom. The Kier molecular flexibility index (Phi) is 2.63. The number of hydrogen-bond acceptors (Lipinski definition) is 4. The topological polar surface area (TPSA) is 57.4 Å².